The highest BCUT2D eigenvalue weighted by molar-refractivity contribution is 9.11. The van der Waals surface area contributed by atoms with Crippen LogP contribution in [0.2, 0.25) is 39.3 Å². The fourth-order valence-corrected chi connectivity index (χ4v) is 4.94. The van der Waals surface area contributed by atoms with Crippen LogP contribution >= 0.6 is 15.9 Å². The largest absolute Gasteiger partial charge is 0.415 e. The summed E-state index contributed by atoms with van der Waals surface area (Å²) in [4.78, 5) is 28.2. The summed E-state index contributed by atoms with van der Waals surface area (Å²) in [7, 11) is -3.51. The maximum Gasteiger partial charge on any atom is 0.330 e. The van der Waals surface area contributed by atoms with Crippen molar-refractivity contribution < 1.29 is 13.6 Å². The highest BCUT2D eigenvalue weighted by atomic mass is 79.9. The molecule has 1 aliphatic heterocycles. The van der Waals surface area contributed by atoms with Gasteiger partial charge >= 0.3 is 5.69 Å². The first kappa shape index (κ1) is 22.5. The van der Waals surface area contributed by atoms with Crippen LogP contribution < -0.4 is 11.2 Å². The van der Waals surface area contributed by atoms with Gasteiger partial charge in [0.2, 0.25) is 0 Å². The molecular formula is C17H29BrN2O5Si2. The van der Waals surface area contributed by atoms with Crippen molar-refractivity contribution in [3.05, 3.63) is 37.6 Å². The van der Waals surface area contributed by atoms with Crippen LogP contribution in [0.15, 0.2) is 20.8 Å². The molecule has 1 aliphatic rings. The van der Waals surface area contributed by atoms with E-state index in [2.05, 4.69) is 60.2 Å². The minimum Gasteiger partial charge on any atom is -0.415 e. The van der Waals surface area contributed by atoms with Crippen LogP contribution in [0.25, 0.3) is 6.08 Å². The third kappa shape index (κ3) is 6.65. The quantitative estimate of drug-likeness (QED) is 0.610. The van der Waals surface area contributed by atoms with E-state index in [1.807, 2.05) is 0 Å². The summed E-state index contributed by atoms with van der Waals surface area (Å²) in [5.74, 6) is 0. The third-order valence-corrected chi connectivity index (χ3v) is 6.22. The Morgan fingerprint density at radius 3 is 2.48 bits per heavy atom. The Labute approximate surface area is 170 Å². The summed E-state index contributed by atoms with van der Waals surface area (Å²) < 4.78 is 19.9. The molecule has 0 unspecified atom stereocenters. The van der Waals surface area contributed by atoms with E-state index >= 15 is 0 Å². The van der Waals surface area contributed by atoms with E-state index in [9.17, 15) is 9.59 Å². The first-order chi connectivity index (χ1) is 12.4. The number of hydrogen-bond acceptors (Lipinski definition) is 5. The second kappa shape index (κ2) is 8.70. The van der Waals surface area contributed by atoms with Crippen LogP contribution in [0.5, 0.6) is 0 Å². The van der Waals surface area contributed by atoms with E-state index in [0.717, 1.165) is 0 Å². The smallest absolute Gasteiger partial charge is 0.330 e. The van der Waals surface area contributed by atoms with Crippen molar-refractivity contribution >= 4 is 38.6 Å². The summed E-state index contributed by atoms with van der Waals surface area (Å²) in [6, 6.07) is 0. The van der Waals surface area contributed by atoms with Crippen molar-refractivity contribution in [3.63, 3.8) is 0 Å². The number of ether oxygens (including phenoxy) is 1. The Morgan fingerprint density at radius 1 is 1.26 bits per heavy atom. The zero-order chi connectivity index (χ0) is 20.4. The van der Waals surface area contributed by atoms with Gasteiger partial charge in [0.25, 0.3) is 5.56 Å². The van der Waals surface area contributed by atoms with Gasteiger partial charge in [-0.05, 0) is 50.3 Å². The maximum atomic E-state index is 12.3. The monoisotopic (exact) mass is 476 g/mol. The number of nitrogens with one attached hydrogen (secondary N) is 1. The maximum absolute atomic E-state index is 12.3. The van der Waals surface area contributed by atoms with Crippen molar-refractivity contribution in [2.75, 3.05) is 6.61 Å². The fourth-order valence-electron chi connectivity index (χ4n) is 2.83. The Balaban J connectivity index is 2.29. The zero-order valence-electron chi connectivity index (χ0n) is 16.7. The van der Waals surface area contributed by atoms with Crippen molar-refractivity contribution in [2.45, 2.75) is 64.1 Å². The molecule has 1 aromatic rings. The average molecular weight is 478 g/mol. The van der Waals surface area contributed by atoms with E-state index in [1.165, 1.54) is 10.8 Å². The highest BCUT2D eigenvalue weighted by Gasteiger charge is 2.40. The predicted octanol–water partition coefficient (Wildman–Crippen LogP) is 3.26. The number of aromatic amines is 1. The summed E-state index contributed by atoms with van der Waals surface area (Å²) in [5, 5.41) is 0. The Hall–Kier alpha value is -0.786. The van der Waals surface area contributed by atoms with Crippen molar-refractivity contribution in [1.82, 2.24) is 9.55 Å². The second-order valence-corrected chi connectivity index (χ2v) is 18.1. The van der Waals surface area contributed by atoms with Crippen molar-refractivity contribution in [1.29, 1.82) is 0 Å². The topological polar surface area (TPSA) is 82.5 Å². The lowest BCUT2D eigenvalue weighted by Crippen LogP contribution is -2.40. The molecule has 0 aromatic carbocycles. The molecule has 0 bridgehead atoms. The predicted molar refractivity (Wildman–Crippen MR) is 115 cm³/mol. The molecule has 0 spiro atoms. The van der Waals surface area contributed by atoms with Gasteiger partial charge in [0.15, 0.2) is 16.6 Å². The summed E-state index contributed by atoms with van der Waals surface area (Å²) in [5.41, 5.74) is -0.548. The van der Waals surface area contributed by atoms with Gasteiger partial charge in [-0.3, -0.25) is 14.3 Å². The summed E-state index contributed by atoms with van der Waals surface area (Å²) >= 11 is 3.16. The number of nitrogens with zero attached hydrogens (tertiary/aromatic N) is 1. The third-order valence-electron chi connectivity index (χ3n) is 3.91. The molecule has 0 amide bonds. The molecule has 2 heterocycles. The molecule has 1 saturated heterocycles. The number of H-pyrrole nitrogens is 1. The molecule has 152 valence electrons. The number of hydrogen-bond donors (Lipinski definition) is 1. The minimum absolute atomic E-state index is 0.146. The van der Waals surface area contributed by atoms with Gasteiger partial charge < -0.3 is 13.6 Å². The van der Waals surface area contributed by atoms with Gasteiger partial charge in [0.1, 0.15) is 12.3 Å². The van der Waals surface area contributed by atoms with Gasteiger partial charge in [0, 0.05) is 12.6 Å². The van der Waals surface area contributed by atoms with Crippen molar-refractivity contribution in [3.8, 4) is 0 Å². The van der Waals surface area contributed by atoms with E-state index in [0.29, 0.717) is 18.6 Å². The summed E-state index contributed by atoms with van der Waals surface area (Å²) in [6.45, 7) is 13.2. The van der Waals surface area contributed by atoms with Gasteiger partial charge in [-0.15, -0.1) is 0 Å². The molecule has 27 heavy (non-hydrogen) atoms. The summed E-state index contributed by atoms with van der Waals surface area (Å²) in [6.07, 6.45) is 2.75. The minimum atomic E-state index is -1.80. The fraction of sp³-hybridized carbons (Fsp3) is 0.647. The zero-order valence-corrected chi connectivity index (χ0v) is 20.3. The first-order valence-electron chi connectivity index (χ1n) is 8.99. The van der Waals surface area contributed by atoms with E-state index < -0.39 is 34.1 Å². The highest BCUT2D eigenvalue weighted by Crippen LogP contribution is 2.32. The van der Waals surface area contributed by atoms with Gasteiger partial charge in [-0.25, -0.2) is 4.79 Å². The molecule has 1 N–H and O–H groups in total. The van der Waals surface area contributed by atoms with Crippen LogP contribution in [0, 0.1) is 0 Å². The van der Waals surface area contributed by atoms with Crippen molar-refractivity contribution in [2.24, 2.45) is 0 Å². The number of halogens is 1. The normalized spacial score (nSPS) is 24.0. The van der Waals surface area contributed by atoms with Crippen LogP contribution in [0.4, 0.5) is 0 Å². The molecule has 2 rings (SSSR count). The molecule has 1 aromatic heterocycles. The molecular weight excluding hydrogens is 448 g/mol. The first-order valence-corrected chi connectivity index (χ1v) is 16.7. The molecule has 0 aliphatic carbocycles. The molecule has 0 saturated carbocycles. The second-order valence-electron chi connectivity index (χ2n) is 8.60. The van der Waals surface area contributed by atoms with Crippen LogP contribution in [-0.4, -0.2) is 45.0 Å². The van der Waals surface area contributed by atoms with Gasteiger partial charge in [-0.1, -0.05) is 15.9 Å². The number of rotatable bonds is 7. The van der Waals surface area contributed by atoms with E-state index in [-0.39, 0.29) is 12.2 Å². The lowest BCUT2D eigenvalue weighted by molar-refractivity contribution is -0.0396. The molecule has 7 nitrogen and oxygen atoms in total. The lowest BCUT2D eigenvalue weighted by Gasteiger charge is -2.28. The molecule has 1 fully saturated rings. The van der Waals surface area contributed by atoms with E-state index in [1.54, 1.807) is 11.1 Å². The molecule has 10 heteroatoms. The Kier molecular flexibility index (Phi) is 7.25. The van der Waals surface area contributed by atoms with Gasteiger partial charge in [-0.2, -0.15) is 0 Å². The molecule has 3 atom stereocenters. The van der Waals surface area contributed by atoms with Crippen LogP contribution in [0.1, 0.15) is 18.2 Å². The number of aromatic nitrogens is 2. The van der Waals surface area contributed by atoms with Gasteiger partial charge in [0.05, 0.1) is 18.3 Å². The van der Waals surface area contributed by atoms with Crippen LogP contribution in [0.3, 0.4) is 0 Å². The lowest BCUT2D eigenvalue weighted by atomic mass is 10.2. The standard InChI is InChI=1S/C17H29BrN2O5Si2/c1-26(2,3)23-11-14-13(25-27(4,5)6)9-15(24-14)20-10-12(7-8-18)16(21)19-17(20)22/h7-8,10,13-15H,9,11H2,1-6H3,(H,19,21,22)/b8-7+/t13-,14+,15+/m0/s1. The Bertz CT molecular complexity index is 794. The van der Waals surface area contributed by atoms with E-state index in [4.69, 9.17) is 13.6 Å². The van der Waals surface area contributed by atoms with Crippen LogP contribution in [-0.2, 0) is 13.6 Å². The molecule has 0 radical (unpaired) electrons. The SMILES string of the molecule is C[Si](C)(C)OC[C@H]1O[C@@H](n2cc(/C=C/Br)c(=O)[nH]c2=O)C[C@@H]1O[Si](C)(C)C. The Morgan fingerprint density at radius 2 is 1.93 bits per heavy atom. The average Bonchev–Trinajstić information content (AvgIpc) is 2.88.